The van der Waals surface area contributed by atoms with Gasteiger partial charge in [-0.2, -0.15) is 0 Å². The average Bonchev–Trinajstić information content (AvgIpc) is 2.67. The summed E-state index contributed by atoms with van der Waals surface area (Å²) in [6.07, 6.45) is 5.42. The minimum atomic E-state index is 0.735. The summed E-state index contributed by atoms with van der Waals surface area (Å²) in [5.74, 6) is 0.735. The Labute approximate surface area is 93.9 Å². The number of hydrogen-bond donors (Lipinski definition) is 0. The summed E-state index contributed by atoms with van der Waals surface area (Å²) in [4.78, 5) is 0. The van der Waals surface area contributed by atoms with Gasteiger partial charge in [-0.25, -0.2) is 0 Å². The van der Waals surface area contributed by atoms with Gasteiger partial charge in [-0.3, -0.25) is 4.68 Å². The maximum atomic E-state index is 4.10. The molecule has 0 aromatic carbocycles. The summed E-state index contributed by atoms with van der Waals surface area (Å²) >= 11 is 0. The summed E-state index contributed by atoms with van der Waals surface area (Å²) < 4.78 is 1.95. The first-order chi connectivity index (χ1) is 7.22. The highest BCUT2D eigenvalue weighted by molar-refractivity contribution is 4.91. The number of nitrogens with zero attached hydrogens (tertiary/aromatic N) is 3. The quantitative estimate of drug-likeness (QED) is 0.748. The molecule has 3 nitrogen and oxygen atoms in total. The number of aryl methyl sites for hydroxylation is 2. The van der Waals surface area contributed by atoms with Crippen molar-refractivity contribution in [1.82, 2.24) is 15.0 Å². The van der Waals surface area contributed by atoms with Gasteiger partial charge in [-0.05, 0) is 18.8 Å². The molecular formula is C12H25N3. The van der Waals surface area contributed by atoms with Crippen molar-refractivity contribution in [2.75, 3.05) is 0 Å². The van der Waals surface area contributed by atoms with Gasteiger partial charge in [0.05, 0.1) is 5.69 Å². The van der Waals surface area contributed by atoms with E-state index in [-0.39, 0.29) is 0 Å². The van der Waals surface area contributed by atoms with Crippen LogP contribution < -0.4 is 0 Å². The Kier molecular flexibility index (Phi) is 7.96. The van der Waals surface area contributed by atoms with Crippen molar-refractivity contribution < 1.29 is 0 Å². The van der Waals surface area contributed by atoms with Crippen molar-refractivity contribution in [2.45, 2.75) is 60.4 Å². The third-order valence-corrected chi connectivity index (χ3v) is 2.03. The zero-order valence-corrected chi connectivity index (χ0v) is 10.8. The van der Waals surface area contributed by atoms with Gasteiger partial charge in [0.15, 0.2) is 0 Å². The molecule has 0 radical (unpaired) electrons. The Hall–Kier alpha value is -0.860. The second-order valence-corrected chi connectivity index (χ2v) is 3.91. The van der Waals surface area contributed by atoms with Crippen LogP contribution in [0.25, 0.3) is 0 Å². The van der Waals surface area contributed by atoms with Crippen LogP contribution in [0.15, 0.2) is 6.20 Å². The fourth-order valence-electron chi connectivity index (χ4n) is 1.21. The lowest BCUT2D eigenvalue weighted by atomic mass is 10.1. The topological polar surface area (TPSA) is 30.7 Å². The van der Waals surface area contributed by atoms with Gasteiger partial charge in [-0.15, -0.1) is 5.10 Å². The molecule has 0 fully saturated rings. The molecule has 1 rings (SSSR count). The fourth-order valence-corrected chi connectivity index (χ4v) is 1.21. The van der Waals surface area contributed by atoms with Crippen LogP contribution in [0.5, 0.6) is 0 Å². The van der Waals surface area contributed by atoms with Crippen LogP contribution >= 0.6 is 0 Å². The molecule has 1 aromatic heterocycles. The van der Waals surface area contributed by atoms with Crippen LogP contribution in [0.1, 0.15) is 53.2 Å². The van der Waals surface area contributed by atoms with Crippen molar-refractivity contribution in [3.05, 3.63) is 11.9 Å². The van der Waals surface area contributed by atoms with E-state index in [9.17, 15) is 0 Å². The SMILES string of the molecule is CC.CCCc1cn(CCC(C)C)nn1. The van der Waals surface area contributed by atoms with E-state index in [2.05, 4.69) is 37.3 Å². The average molecular weight is 211 g/mol. The van der Waals surface area contributed by atoms with E-state index in [4.69, 9.17) is 0 Å². The third-order valence-electron chi connectivity index (χ3n) is 2.03. The summed E-state index contributed by atoms with van der Waals surface area (Å²) in [6.45, 7) is 11.6. The maximum Gasteiger partial charge on any atom is 0.0827 e. The molecule has 0 amide bonds. The standard InChI is InChI=1S/C10H19N3.C2H6/c1-4-5-10-8-13(12-11-10)7-6-9(2)3;1-2/h8-9H,4-7H2,1-3H3;1-2H3. The molecule has 88 valence electrons. The summed E-state index contributed by atoms with van der Waals surface area (Å²) in [6, 6.07) is 0. The summed E-state index contributed by atoms with van der Waals surface area (Å²) in [5, 5.41) is 8.17. The molecule has 0 saturated heterocycles. The van der Waals surface area contributed by atoms with E-state index in [1.54, 1.807) is 0 Å². The molecule has 3 heteroatoms. The van der Waals surface area contributed by atoms with Crippen molar-refractivity contribution in [1.29, 1.82) is 0 Å². The maximum absolute atomic E-state index is 4.10. The first kappa shape index (κ1) is 14.1. The lowest BCUT2D eigenvalue weighted by Gasteiger charge is -2.02. The van der Waals surface area contributed by atoms with Crippen LogP contribution in [-0.4, -0.2) is 15.0 Å². The molecule has 15 heavy (non-hydrogen) atoms. The molecule has 0 aliphatic rings. The first-order valence-corrected chi connectivity index (χ1v) is 6.11. The van der Waals surface area contributed by atoms with E-state index in [0.717, 1.165) is 31.0 Å². The second kappa shape index (κ2) is 8.45. The third kappa shape index (κ3) is 6.26. The van der Waals surface area contributed by atoms with E-state index in [1.165, 1.54) is 6.42 Å². The van der Waals surface area contributed by atoms with Gasteiger partial charge in [0.25, 0.3) is 0 Å². The molecule has 0 saturated carbocycles. The Morgan fingerprint density at radius 3 is 2.53 bits per heavy atom. The van der Waals surface area contributed by atoms with Crippen LogP contribution in [0.4, 0.5) is 0 Å². The van der Waals surface area contributed by atoms with E-state index in [1.807, 2.05) is 18.5 Å². The van der Waals surface area contributed by atoms with Crippen LogP contribution in [0.3, 0.4) is 0 Å². The highest BCUT2D eigenvalue weighted by atomic mass is 15.4. The highest BCUT2D eigenvalue weighted by Gasteiger charge is 2.00. The molecule has 0 aliphatic heterocycles. The lowest BCUT2D eigenvalue weighted by molar-refractivity contribution is 0.478. The molecule has 0 atom stereocenters. The van der Waals surface area contributed by atoms with E-state index < -0.39 is 0 Å². The van der Waals surface area contributed by atoms with Crippen molar-refractivity contribution in [2.24, 2.45) is 5.92 Å². The molecule has 0 N–H and O–H groups in total. The predicted octanol–water partition coefficient (Wildman–Crippen LogP) is 3.30. The van der Waals surface area contributed by atoms with Gasteiger partial charge >= 0.3 is 0 Å². The Morgan fingerprint density at radius 2 is 2.00 bits per heavy atom. The molecule has 0 aliphatic carbocycles. The molecular weight excluding hydrogens is 186 g/mol. The predicted molar refractivity (Wildman–Crippen MR) is 64.8 cm³/mol. The van der Waals surface area contributed by atoms with Gasteiger partial charge in [0.2, 0.25) is 0 Å². The normalized spacial score (nSPS) is 10.0. The Morgan fingerprint density at radius 1 is 1.33 bits per heavy atom. The van der Waals surface area contributed by atoms with E-state index >= 15 is 0 Å². The van der Waals surface area contributed by atoms with Gasteiger partial charge in [0.1, 0.15) is 0 Å². The van der Waals surface area contributed by atoms with Crippen LogP contribution in [0.2, 0.25) is 0 Å². The van der Waals surface area contributed by atoms with Gasteiger partial charge in [-0.1, -0.05) is 46.3 Å². The summed E-state index contributed by atoms with van der Waals surface area (Å²) in [5.41, 5.74) is 1.12. The van der Waals surface area contributed by atoms with Crippen LogP contribution in [0, 0.1) is 5.92 Å². The zero-order valence-electron chi connectivity index (χ0n) is 10.8. The highest BCUT2D eigenvalue weighted by Crippen LogP contribution is 2.03. The molecule has 1 aromatic rings. The lowest BCUT2D eigenvalue weighted by Crippen LogP contribution is -2.01. The van der Waals surface area contributed by atoms with Gasteiger partial charge < -0.3 is 0 Å². The van der Waals surface area contributed by atoms with Crippen molar-refractivity contribution in [3.8, 4) is 0 Å². The number of rotatable bonds is 5. The Bertz CT molecular complexity index is 241. The van der Waals surface area contributed by atoms with Gasteiger partial charge in [0, 0.05) is 12.7 Å². The molecule has 1 heterocycles. The summed E-state index contributed by atoms with van der Waals surface area (Å²) in [7, 11) is 0. The molecule has 0 bridgehead atoms. The van der Waals surface area contributed by atoms with E-state index in [0.29, 0.717) is 0 Å². The zero-order chi connectivity index (χ0) is 11.7. The minimum absolute atomic E-state index is 0.735. The monoisotopic (exact) mass is 211 g/mol. The largest absolute Gasteiger partial charge is 0.252 e. The first-order valence-electron chi connectivity index (χ1n) is 6.11. The molecule has 0 unspecified atom stereocenters. The minimum Gasteiger partial charge on any atom is -0.252 e. The van der Waals surface area contributed by atoms with Crippen molar-refractivity contribution in [3.63, 3.8) is 0 Å². The van der Waals surface area contributed by atoms with Crippen molar-refractivity contribution >= 4 is 0 Å². The fraction of sp³-hybridized carbons (Fsp3) is 0.833. The number of aromatic nitrogens is 3. The smallest absolute Gasteiger partial charge is 0.0827 e. The molecule has 0 spiro atoms. The second-order valence-electron chi connectivity index (χ2n) is 3.91. The van der Waals surface area contributed by atoms with Crippen LogP contribution in [-0.2, 0) is 13.0 Å². The number of hydrogen-bond acceptors (Lipinski definition) is 2. The Balaban J connectivity index is 0.000000921.